The molecule has 0 spiro atoms. The van der Waals surface area contributed by atoms with Gasteiger partial charge in [-0.15, -0.1) is 0 Å². The molecule has 4 aromatic rings. The summed E-state index contributed by atoms with van der Waals surface area (Å²) in [6.45, 7) is 3.52. The van der Waals surface area contributed by atoms with Gasteiger partial charge < -0.3 is 24.7 Å². The molecule has 0 amide bonds. The smallest absolute Gasteiger partial charge is 0.233 e. The lowest BCUT2D eigenvalue weighted by Crippen LogP contribution is -2.37. The lowest BCUT2D eigenvalue weighted by molar-refractivity contribution is 0.160. The van der Waals surface area contributed by atoms with E-state index in [4.69, 9.17) is 14.5 Å². The number of fused-ring (bicyclic) bond motifs is 2. The van der Waals surface area contributed by atoms with E-state index in [0.29, 0.717) is 12.5 Å². The molecule has 1 saturated heterocycles. The summed E-state index contributed by atoms with van der Waals surface area (Å²) >= 11 is 0. The van der Waals surface area contributed by atoms with Crippen LogP contribution in [0.15, 0.2) is 55.0 Å². The van der Waals surface area contributed by atoms with Gasteiger partial charge in [-0.3, -0.25) is 4.98 Å². The minimum absolute atomic E-state index is 0.142. The number of H-pyrrole nitrogens is 1. The lowest BCUT2D eigenvalue weighted by atomic mass is 10.0. The molecule has 168 valence electrons. The first kappa shape index (κ1) is 20.1. The average molecular weight is 442 g/mol. The summed E-state index contributed by atoms with van der Waals surface area (Å²) in [6, 6.07) is 12.9. The van der Waals surface area contributed by atoms with Crippen molar-refractivity contribution in [2.24, 2.45) is 0 Å². The van der Waals surface area contributed by atoms with Crippen molar-refractivity contribution in [1.29, 1.82) is 0 Å². The van der Waals surface area contributed by atoms with Gasteiger partial charge in [-0.1, -0.05) is 12.1 Å². The van der Waals surface area contributed by atoms with Crippen LogP contribution in [0.25, 0.3) is 33.3 Å². The molecule has 0 saturated carbocycles. The zero-order valence-corrected chi connectivity index (χ0v) is 18.7. The average Bonchev–Trinajstić information content (AvgIpc) is 3.28. The zero-order chi connectivity index (χ0) is 22.2. The summed E-state index contributed by atoms with van der Waals surface area (Å²) in [4.78, 5) is 14.8. The summed E-state index contributed by atoms with van der Waals surface area (Å²) in [5, 5.41) is 4.48. The minimum Gasteiger partial charge on any atom is -0.490 e. The molecule has 6 rings (SSSR count). The summed E-state index contributed by atoms with van der Waals surface area (Å²) in [6.07, 6.45) is 7.79. The van der Waals surface area contributed by atoms with Gasteiger partial charge in [0.05, 0.1) is 30.3 Å². The van der Waals surface area contributed by atoms with E-state index in [2.05, 4.69) is 63.6 Å². The molecule has 7 nitrogen and oxygen atoms in total. The molecule has 2 aliphatic rings. The Morgan fingerprint density at radius 2 is 2.03 bits per heavy atom. The molecule has 2 aliphatic heterocycles. The molecule has 0 aliphatic carbocycles. The molecule has 2 N–H and O–H groups in total. The molecular weight excluding hydrogens is 414 g/mol. The van der Waals surface area contributed by atoms with Gasteiger partial charge in [-0.05, 0) is 54.8 Å². The van der Waals surface area contributed by atoms with Crippen LogP contribution in [0.3, 0.4) is 0 Å². The number of hydrogen-bond acceptors (Lipinski definition) is 6. The Hall–Kier alpha value is -3.58. The van der Waals surface area contributed by atoms with Crippen LogP contribution >= 0.6 is 0 Å². The van der Waals surface area contributed by atoms with Crippen LogP contribution in [0.2, 0.25) is 0 Å². The summed E-state index contributed by atoms with van der Waals surface area (Å²) in [7, 11) is 2.10. The predicted octanol–water partition coefficient (Wildman–Crippen LogP) is 4.25. The van der Waals surface area contributed by atoms with Gasteiger partial charge in [0.2, 0.25) is 5.88 Å². The highest BCUT2D eigenvalue weighted by atomic mass is 16.5. The maximum absolute atomic E-state index is 6.10. The van der Waals surface area contributed by atoms with E-state index in [9.17, 15) is 0 Å². The van der Waals surface area contributed by atoms with E-state index in [1.165, 1.54) is 0 Å². The normalized spacial score (nSPS) is 18.1. The molecule has 0 radical (unpaired) electrons. The second-order valence-electron chi connectivity index (χ2n) is 8.74. The van der Waals surface area contributed by atoms with Crippen molar-refractivity contribution in [3.05, 3.63) is 55.0 Å². The van der Waals surface area contributed by atoms with E-state index in [0.717, 1.165) is 77.2 Å². The minimum atomic E-state index is 0.142. The number of rotatable bonds is 4. The highest BCUT2D eigenvalue weighted by molar-refractivity contribution is 5.97. The molecule has 0 bridgehead atoms. The van der Waals surface area contributed by atoms with E-state index in [-0.39, 0.29) is 6.10 Å². The number of ether oxygens (including phenoxy) is 2. The van der Waals surface area contributed by atoms with Crippen molar-refractivity contribution in [3.8, 4) is 34.0 Å². The number of aromatic amines is 1. The Bertz CT molecular complexity index is 1300. The topological polar surface area (TPSA) is 75.3 Å². The maximum Gasteiger partial charge on any atom is 0.233 e. The Morgan fingerprint density at radius 1 is 1.12 bits per heavy atom. The Morgan fingerprint density at radius 3 is 2.94 bits per heavy atom. The summed E-state index contributed by atoms with van der Waals surface area (Å²) < 4.78 is 12.0. The van der Waals surface area contributed by atoms with Gasteiger partial charge in [0.25, 0.3) is 0 Å². The summed E-state index contributed by atoms with van der Waals surface area (Å²) in [5.41, 5.74) is 6.28. The van der Waals surface area contributed by atoms with Gasteiger partial charge in [0, 0.05) is 36.3 Å². The van der Waals surface area contributed by atoms with Gasteiger partial charge in [-0.2, -0.15) is 0 Å². The molecule has 1 atom stereocenters. The van der Waals surface area contributed by atoms with Gasteiger partial charge >= 0.3 is 0 Å². The highest BCUT2D eigenvalue weighted by Crippen LogP contribution is 2.37. The first-order chi connectivity index (χ1) is 16.2. The Kier molecular flexibility index (Phi) is 5.11. The monoisotopic (exact) mass is 441 g/mol. The molecule has 33 heavy (non-hydrogen) atoms. The number of aromatic nitrogens is 3. The van der Waals surface area contributed by atoms with Crippen molar-refractivity contribution < 1.29 is 9.47 Å². The third-order valence-electron chi connectivity index (χ3n) is 6.50. The molecule has 1 fully saturated rings. The van der Waals surface area contributed by atoms with Crippen LogP contribution in [0.4, 0.5) is 5.69 Å². The zero-order valence-electron chi connectivity index (χ0n) is 18.7. The number of hydrogen-bond donors (Lipinski definition) is 2. The third-order valence-corrected chi connectivity index (χ3v) is 6.50. The van der Waals surface area contributed by atoms with Gasteiger partial charge in [-0.25, -0.2) is 4.98 Å². The van der Waals surface area contributed by atoms with E-state index in [1.807, 2.05) is 6.20 Å². The summed E-state index contributed by atoms with van der Waals surface area (Å²) in [5.74, 6) is 1.51. The second-order valence-corrected chi connectivity index (χ2v) is 8.74. The van der Waals surface area contributed by atoms with Crippen LogP contribution in [-0.2, 0) is 0 Å². The van der Waals surface area contributed by atoms with Crippen LogP contribution in [0.1, 0.15) is 12.8 Å². The van der Waals surface area contributed by atoms with Crippen LogP contribution in [-0.4, -0.2) is 54.3 Å². The standard InChI is InChI=1S/C26H27N5O2/c1-31-9-10-32-25-12-18(5-7-24(25)31)17-4-6-22-20(11-17)21(14-29-22)23-15-28-16-26(30-23)33-19-3-2-8-27-13-19/h4-7,11-12,14-16,19,27,29H,2-3,8-10,13H2,1H3. The van der Waals surface area contributed by atoms with Crippen LogP contribution < -0.4 is 19.7 Å². The molecule has 4 heterocycles. The number of anilines is 1. The SMILES string of the molecule is CN1CCOc2cc(-c3ccc4[nH]cc(-c5cncc(OC6CCCNC6)n5)c4c3)ccc21. The van der Waals surface area contributed by atoms with Crippen molar-refractivity contribution in [3.63, 3.8) is 0 Å². The van der Waals surface area contributed by atoms with Gasteiger partial charge in [0.1, 0.15) is 18.5 Å². The molecule has 7 heteroatoms. The third kappa shape index (κ3) is 3.89. The quantitative estimate of drug-likeness (QED) is 0.493. The largest absolute Gasteiger partial charge is 0.490 e. The molecule has 2 aromatic carbocycles. The number of nitrogens with one attached hydrogen (secondary N) is 2. The molecular formula is C26H27N5O2. The van der Waals surface area contributed by atoms with Crippen molar-refractivity contribution in [1.82, 2.24) is 20.3 Å². The van der Waals surface area contributed by atoms with Crippen LogP contribution in [0, 0.1) is 0 Å². The van der Waals surface area contributed by atoms with E-state index in [1.54, 1.807) is 12.4 Å². The van der Waals surface area contributed by atoms with E-state index >= 15 is 0 Å². The first-order valence-electron chi connectivity index (χ1n) is 11.5. The first-order valence-corrected chi connectivity index (χ1v) is 11.5. The van der Waals surface area contributed by atoms with Crippen molar-refractivity contribution in [2.75, 3.05) is 38.2 Å². The van der Waals surface area contributed by atoms with Crippen LogP contribution in [0.5, 0.6) is 11.6 Å². The van der Waals surface area contributed by atoms with Crippen molar-refractivity contribution in [2.45, 2.75) is 18.9 Å². The number of likely N-dealkylation sites (N-methyl/N-ethyl adjacent to an activating group) is 1. The second kappa shape index (κ2) is 8.41. The number of benzene rings is 2. The number of nitrogens with zero attached hydrogens (tertiary/aromatic N) is 3. The van der Waals surface area contributed by atoms with Gasteiger partial charge in [0.15, 0.2) is 0 Å². The molecule has 1 unspecified atom stereocenters. The van der Waals surface area contributed by atoms with Crippen molar-refractivity contribution >= 4 is 16.6 Å². The lowest BCUT2D eigenvalue weighted by Gasteiger charge is -2.28. The highest BCUT2D eigenvalue weighted by Gasteiger charge is 2.18. The maximum atomic E-state index is 6.10. The predicted molar refractivity (Wildman–Crippen MR) is 130 cm³/mol. The number of piperidine rings is 1. The fourth-order valence-corrected chi connectivity index (χ4v) is 4.68. The fraction of sp³-hybridized carbons (Fsp3) is 0.308. The van der Waals surface area contributed by atoms with E-state index < -0.39 is 0 Å². The Balaban J connectivity index is 1.34. The molecule has 2 aromatic heterocycles. The Labute approximate surface area is 192 Å². The fourth-order valence-electron chi connectivity index (χ4n) is 4.68.